The van der Waals surface area contributed by atoms with E-state index in [2.05, 4.69) is 15.3 Å². The Bertz CT molecular complexity index is 574. The first-order chi connectivity index (χ1) is 9.72. The van der Waals surface area contributed by atoms with Gasteiger partial charge >= 0.3 is 0 Å². The quantitative estimate of drug-likeness (QED) is 0.917. The van der Waals surface area contributed by atoms with Crippen LogP contribution in [0.5, 0.6) is 0 Å². The molecule has 0 aromatic carbocycles. The summed E-state index contributed by atoms with van der Waals surface area (Å²) >= 11 is 0. The monoisotopic (exact) mass is 273 g/mol. The number of aromatic amines is 1. The van der Waals surface area contributed by atoms with Crippen molar-refractivity contribution in [3.05, 3.63) is 35.9 Å². The maximum absolute atomic E-state index is 12.3. The van der Waals surface area contributed by atoms with Gasteiger partial charge in [0.15, 0.2) is 0 Å². The molecule has 0 spiro atoms. The minimum Gasteiger partial charge on any atom is -0.340 e. The second-order valence-electron chi connectivity index (χ2n) is 5.41. The standard InChI is InChI=1S/C14H19N5O/c1-11-7-16-19(8-11)10-14(20)18-6-2-3-12(9-18)13-4-5-15-17-13/h4-5,7-8,12H,2-3,6,9-10H2,1H3,(H,15,17)/t12-/m1/s1. The van der Waals surface area contributed by atoms with Gasteiger partial charge in [-0.1, -0.05) is 0 Å². The van der Waals surface area contributed by atoms with Crippen molar-refractivity contribution >= 4 is 5.91 Å². The summed E-state index contributed by atoms with van der Waals surface area (Å²) in [4.78, 5) is 14.3. The van der Waals surface area contributed by atoms with Crippen LogP contribution in [0.15, 0.2) is 24.7 Å². The molecule has 1 fully saturated rings. The molecule has 3 heterocycles. The van der Waals surface area contributed by atoms with Gasteiger partial charge in [0.2, 0.25) is 5.91 Å². The van der Waals surface area contributed by atoms with Gasteiger partial charge in [0.25, 0.3) is 0 Å². The van der Waals surface area contributed by atoms with Crippen LogP contribution in [0.1, 0.15) is 30.0 Å². The molecule has 6 nitrogen and oxygen atoms in total. The maximum Gasteiger partial charge on any atom is 0.244 e. The molecule has 20 heavy (non-hydrogen) atoms. The number of carbonyl (C=O) groups excluding carboxylic acids is 1. The molecule has 0 aliphatic carbocycles. The summed E-state index contributed by atoms with van der Waals surface area (Å²) in [5, 5.41) is 11.2. The first-order valence-corrected chi connectivity index (χ1v) is 6.98. The first kappa shape index (κ1) is 12.9. The van der Waals surface area contributed by atoms with Gasteiger partial charge < -0.3 is 4.90 Å². The van der Waals surface area contributed by atoms with Crippen LogP contribution >= 0.6 is 0 Å². The highest BCUT2D eigenvalue weighted by Gasteiger charge is 2.25. The van der Waals surface area contributed by atoms with Crippen molar-refractivity contribution in [1.29, 1.82) is 0 Å². The van der Waals surface area contributed by atoms with Crippen LogP contribution < -0.4 is 0 Å². The second kappa shape index (κ2) is 5.48. The number of nitrogens with zero attached hydrogens (tertiary/aromatic N) is 4. The van der Waals surface area contributed by atoms with Gasteiger partial charge in [-0.2, -0.15) is 10.2 Å². The van der Waals surface area contributed by atoms with Gasteiger partial charge in [-0.3, -0.25) is 14.6 Å². The second-order valence-corrected chi connectivity index (χ2v) is 5.41. The molecule has 0 radical (unpaired) electrons. The fraction of sp³-hybridized carbons (Fsp3) is 0.500. The summed E-state index contributed by atoms with van der Waals surface area (Å²) in [5.74, 6) is 0.506. The Morgan fingerprint density at radius 2 is 2.45 bits per heavy atom. The van der Waals surface area contributed by atoms with E-state index < -0.39 is 0 Å². The number of aryl methyl sites for hydroxylation is 1. The topological polar surface area (TPSA) is 66.8 Å². The van der Waals surface area contributed by atoms with Gasteiger partial charge in [-0.15, -0.1) is 0 Å². The van der Waals surface area contributed by atoms with Crippen LogP contribution in [0.2, 0.25) is 0 Å². The first-order valence-electron chi connectivity index (χ1n) is 6.98. The number of carbonyl (C=O) groups is 1. The van der Waals surface area contributed by atoms with Crippen molar-refractivity contribution in [2.75, 3.05) is 13.1 Å². The highest BCUT2D eigenvalue weighted by atomic mass is 16.2. The molecule has 2 aromatic heterocycles. The highest BCUT2D eigenvalue weighted by Crippen LogP contribution is 2.25. The molecule has 2 aromatic rings. The average Bonchev–Trinajstić information content (AvgIpc) is 3.11. The lowest BCUT2D eigenvalue weighted by molar-refractivity contribution is -0.133. The van der Waals surface area contributed by atoms with E-state index in [1.807, 2.05) is 24.1 Å². The molecular weight excluding hydrogens is 254 g/mol. The van der Waals surface area contributed by atoms with Gasteiger partial charge in [0.05, 0.1) is 6.20 Å². The Hall–Kier alpha value is -2.11. The lowest BCUT2D eigenvalue weighted by Gasteiger charge is -2.32. The fourth-order valence-electron chi connectivity index (χ4n) is 2.74. The van der Waals surface area contributed by atoms with Gasteiger partial charge in [-0.05, 0) is 31.4 Å². The maximum atomic E-state index is 12.3. The van der Waals surface area contributed by atoms with E-state index in [0.717, 1.165) is 37.2 Å². The molecule has 3 rings (SSSR count). The van der Waals surface area contributed by atoms with Crippen LogP contribution in [0.25, 0.3) is 0 Å². The Morgan fingerprint density at radius 3 is 3.15 bits per heavy atom. The van der Waals surface area contributed by atoms with Crippen LogP contribution in [-0.2, 0) is 11.3 Å². The minimum absolute atomic E-state index is 0.136. The van der Waals surface area contributed by atoms with E-state index in [1.165, 1.54) is 0 Å². The van der Waals surface area contributed by atoms with Crippen molar-refractivity contribution < 1.29 is 4.79 Å². The van der Waals surface area contributed by atoms with Gasteiger partial charge in [-0.25, -0.2) is 0 Å². The fourth-order valence-corrected chi connectivity index (χ4v) is 2.74. The van der Waals surface area contributed by atoms with Crippen molar-refractivity contribution in [1.82, 2.24) is 24.9 Å². The number of amides is 1. The summed E-state index contributed by atoms with van der Waals surface area (Å²) in [6, 6.07) is 2.00. The van der Waals surface area contributed by atoms with E-state index in [0.29, 0.717) is 12.5 Å². The number of aromatic nitrogens is 4. The number of likely N-dealkylation sites (tertiary alicyclic amines) is 1. The third-order valence-electron chi connectivity index (χ3n) is 3.80. The Labute approximate surface area is 117 Å². The van der Waals surface area contributed by atoms with Gasteiger partial charge in [0, 0.05) is 37.1 Å². The lowest BCUT2D eigenvalue weighted by Crippen LogP contribution is -2.41. The zero-order chi connectivity index (χ0) is 13.9. The Morgan fingerprint density at radius 1 is 1.55 bits per heavy atom. The number of H-pyrrole nitrogens is 1. The molecule has 106 valence electrons. The van der Waals surface area contributed by atoms with Crippen LogP contribution in [0.3, 0.4) is 0 Å². The number of rotatable bonds is 3. The van der Waals surface area contributed by atoms with Crippen LogP contribution in [-0.4, -0.2) is 43.9 Å². The van der Waals surface area contributed by atoms with E-state index in [-0.39, 0.29) is 5.91 Å². The smallest absolute Gasteiger partial charge is 0.244 e. The molecule has 0 unspecified atom stereocenters. The molecule has 1 aliphatic heterocycles. The molecule has 1 N–H and O–H groups in total. The summed E-state index contributed by atoms with van der Waals surface area (Å²) in [6.07, 6.45) is 7.58. The normalized spacial score (nSPS) is 19.2. The van der Waals surface area contributed by atoms with Crippen LogP contribution in [0.4, 0.5) is 0 Å². The van der Waals surface area contributed by atoms with Crippen molar-refractivity contribution in [3.63, 3.8) is 0 Å². The van der Waals surface area contributed by atoms with Crippen molar-refractivity contribution in [2.45, 2.75) is 32.2 Å². The minimum atomic E-state index is 0.136. The lowest BCUT2D eigenvalue weighted by atomic mass is 9.95. The summed E-state index contributed by atoms with van der Waals surface area (Å²) < 4.78 is 1.71. The molecule has 1 amide bonds. The molecule has 0 saturated carbocycles. The van der Waals surface area contributed by atoms with Crippen molar-refractivity contribution in [3.8, 4) is 0 Å². The van der Waals surface area contributed by atoms with E-state index >= 15 is 0 Å². The van der Waals surface area contributed by atoms with Gasteiger partial charge in [0.1, 0.15) is 6.54 Å². The summed E-state index contributed by atoms with van der Waals surface area (Å²) in [6.45, 7) is 3.90. The molecule has 6 heteroatoms. The third kappa shape index (κ3) is 2.74. The number of hydrogen-bond donors (Lipinski definition) is 1. The molecule has 0 bridgehead atoms. The van der Waals surface area contributed by atoms with E-state index in [9.17, 15) is 4.79 Å². The summed E-state index contributed by atoms with van der Waals surface area (Å²) in [5.41, 5.74) is 2.20. The largest absolute Gasteiger partial charge is 0.340 e. The zero-order valence-corrected chi connectivity index (χ0v) is 11.6. The zero-order valence-electron chi connectivity index (χ0n) is 11.6. The molecule has 1 saturated heterocycles. The molecule has 1 aliphatic rings. The molecular formula is C14H19N5O. The summed E-state index contributed by atoms with van der Waals surface area (Å²) in [7, 11) is 0. The van der Waals surface area contributed by atoms with E-state index in [1.54, 1.807) is 17.1 Å². The van der Waals surface area contributed by atoms with Crippen molar-refractivity contribution in [2.24, 2.45) is 0 Å². The Kier molecular flexibility index (Phi) is 3.54. The average molecular weight is 273 g/mol. The number of hydrogen-bond acceptors (Lipinski definition) is 3. The third-order valence-corrected chi connectivity index (χ3v) is 3.80. The molecule has 1 atom stereocenters. The Balaban J connectivity index is 1.63. The van der Waals surface area contributed by atoms with Crippen LogP contribution in [0, 0.1) is 6.92 Å². The number of piperidine rings is 1. The number of nitrogens with one attached hydrogen (secondary N) is 1. The predicted octanol–water partition coefficient (Wildman–Crippen LogP) is 1.32. The SMILES string of the molecule is Cc1cnn(CC(=O)N2CCC[C@@H](c3ccn[nH]3)C2)c1. The van der Waals surface area contributed by atoms with E-state index in [4.69, 9.17) is 0 Å². The highest BCUT2D eigenvalue weighted by molar-refractivity contribution is 5.76. The predicted molar refractivity (Wildman–Crippen MR) is 74.1 cm³/mol.